The highest BCUT2D eigenvalue weighted by Gasteiger charge is 2.57. The zero-order valence-corrected chi connectivity index (χ0v) is 31.2. The number of hydrogen-bond donors (Lipinski definition) is 17. The van der Waals surface area contributed by atoms with Crippen LogP contribution < -0.4 is 5.32 Å². The second-order valence-corrected chi connectivity index (χ2v) is 14.7. The van der Waals surface area contributed by atoms with Crippen molar-refractivity contribution in [1.29, 1.82) is 0 Å². The largest absolute Gasteiger partial charge is 0.394 e. The maximum Gasteiger partial charge on any atom is 0.217 e. The van der Waals surface area contributed by atoms with Crippen LogP contribution in [-0.2, 0) is 47.4 Å². The summed E-state index contributed by atoms with van der Waals surface area (Å²) in [5.41, 5.74) is 0. The fraction of sp³-hybridized carbons (Fsp3) is 0.969. The number of hydrogen-bond acceptors (Lipinski definition) is 26. The lowest BCUT2D eigenvalue weighted by atomic mass is 9.94. The van der Waals surface area contributed by atoms with E-state index in [1.54, 1.807) is 0 Å². The van der Waals surface area contributed by atoms with Crippen molar-refractivity contribution in [3.8, 4) is 0 Å². The van der Waals surface area contributed by atoms with Crippen LogP contribution in [0.5, 0.6) is 0 Å². The summed E-state index contributed by atoms with van der Waals surface area (Å²) >= 11 is 0. The molecule has 25 atom stereocenters. The van der Waals surface area contributed by atoms with Gasteiger partial charge in [-0.15, -0.1) is 0 Å². The summed E-state index contributed by atoms with van der Waals surface area (Å²) in [6, 6.07) is -1.61. The van der Waals surface area contributed by atoms with Crippen LogP contribution in [0.1, 0.15) is 6.92 Å². The van der Waals surface area contributed by atoms with Crippen molar-refractivity contribution in [2.75, 3.05) is 33.0 Å². The first kappa shape index (κ1) is 48.5. The van der Waals surface area contributed by atoms with E-state index in [2.05, 4.69) is 5.32 Å². The van der Waals surface area contributed by atoms with E-state index >= 15 is 0 Å². The highest BCUT2D eigenvalue weighted by molar-refractivity contribution is 5.73. The fourth-order valence-electron chi connectivity index (χ4n) is 7.41. The Morgan fingerprint density at radius 2 is 0.746 bits per heavy atom. The topological polar surface area (TPSA) is 436 Å². The summed E-state index contributed by atoms with van der Waals surface area (Å²) in [7, 11) is 0. The van der Waals surface area contributed by atoms with Crippen molar-refractivity contribution in [2.45, 2.75) is 160 Å². The van der Waals surface area contributed by atoms with E-state index in [0.717, 1.165) is 6.92 Å². The molecule has 1 amide bonds. The van der Waals surface area contributed by atoms with E-state index in [0.29, 0.717) is 0 Å². The Labute approximate surface area is 333 Å². The van der Waals surface area contributed by atoms with Gasteiger partial charge in [0.05, 0.1) is 33.0 Å². The predicted molar refractivity (Wildman–Crippen MR) is 178 cm³/mol. The molecule has 1 unspecified atom stereocenters. The van der Waals surface area contributed by atoms with Crippen LogP contribution in [-0.4, -0.2) is 274 Å². The Morgan fingerprint density at radius 3 is 1.19 bits per heavy atom. The zero-order valence-electron chi connectivity index (χ0n) is 31.2. The van der Waals surface area contributed by atoms with Crippen LogP contribution in [0.3, 0.4) is 0 Å². The van der Waals surface area contributed by atoms with Gasteiger partial charge in [0, 0.05) is 6.92 Å². The van der Waals surface area contributed by atoms with E-state index in [4.69, 9.17) is 42.6 Å². The van der Waals surface area contributed by atoms with Crippen molar-refractivity contribution in [3.63, 3.8) is 0 Å². The normalized spacial score (nSPS) is 51.0. The lowest BCUT2D eigenvalue weighted by molar-refractivity contribution is -0.403. The Hall–Kier alpha value is -1.53. The second kappa shape index (κ2) is 20.8. The maximum absolute atomic E-state index is 12.1. The molecule has 0 aliphatic carbocycles. The smallest absolute Gasteiger partial charge is 0.217 e. The van der Waals surface area contributed by atoms with Crippen molar-refractivity contribution in [1.82, 2.24) is 5.32 Å². The molecular weight excluding hydrogens is 814 g/mol. The lowest BCUT2D eigenvalue weighted by Crippen LogP contribution is -2.70. The molecule has 27 nitrogen and oxygen atoms in total. The molecule has 17 N–H and O–H groups in total. The van der Waals surface area contributed by atoms with E-state index in [9.17, 15) is 86.5 Å². The molecule has 5 saturated heterocycles. The Bertz CT molecular complexity index is 1320. The third-order valence-electron chi connectivity index (χ3n) is 10.7. The van der Waals surface area contributed by atoms with Gasteiger partial charge in [0.2, 0.25) is 5.91 Å². The van der Waals surface area contributed by atoms with Crippen LogP contribution in [0.4, 0.5) is 0 Å². The summed E-state index contributed by atoms with van der Waals surface area (Å²) in [5, 5.41) is 170. The van der Waals surface area contributed by atoms with Crippen molar-refractivity contribution < 1.29 is 129 Å². The molecule has 0 aromatic heterocycles. The van der Waals surface area contributed by atoms with Crippen LogP contribution in [0, 0.1) is 0 Å². The van der Waals surface area contributed by atoms with Crippen LogP contribution >= 0.6 is 0 Å². The van der Waals surface area contributed by atoms with Gasteiger partial charge in [-0.05, 0) is 0 Å². The lowest BCUT2D eigenvalue weighted by Gasteiger charge is -2.51. The summed E-state index contributed by atoms with van der Waals surface area (Å²) in [6.45, 7) is -3.69. The number of amides is 1. The minimum absolute atomic E-state index is 0.763. The number of rotatable bonds is 14. The zero-order chi connectivity index (χ0) is 43.6. The highest BCUT2D eigenvalue weighted by atomic mass is 16.8. The molecule has 0 radical (unpaired) electrons. The van der Waals surface area contributed by atoms with Crippen LogP contribution in [0.25, 0.3) is 0 Å². The Kier molecular flexibility index (Phi) is 17.1. The molecule has 0 aromatic carbocycles. The molecular formula is C32H55NO26. The SMILES string of the molecule is CC(=O)N[C@H]1[C@@H](O[C@@H]2[C@H](O[C@H]3O[C@H](CO)[C@@H](O)[C@H](O)[C@H]3O)[C@@H](O)[C@@H](O[C@H]3[C@H](O[C@H]4O[C@H](CO)[C@@H](O)[C@H](O)[C@H]4O)[C@@H](CO)OC(O)[C@@H]3O)O[C@@H]2CO)O[C@H](CO)[C@@H](O)[C@@H]1O. The number of nitrogens with one attached hydrogen (secondary N) is 1. The number of carbonyl (C=O) groups is 1. The third kappa shape index (κ3) is 10.2. The summed E-state index contributed by atoms with van der Waals surface area (Å²) < 4.78 is 51.1. The van der Waals surface area contributed by atoms with E-state index in [-0.39, 0.29) is 0 Å². The van der Waals surface area contributed by atoms with E-state index < -0.39 is 192 Å². The molecule has 0 aromatic rings. The van der Waals surface area contributed by atoms with E-state index in [1.165, 1.54) is 0 Å². The second-order valence-electron chi connectivity index (χ2n) is 14.7. The Morgan fingerprint density at radius 1 is 0.407 bits per heavy atom. The molecule has 5 aliphatic heterocycles. The Balaban J connectivity index is 1.50. The first-order valence-electron chi connectivity index (χ1n) is 18.6. The average molecular weight is 870 g/mol. The molecule has 5 fully saturated rings. The molecule has 27 heteroatoms. The predicted octanol–water partition coefficient (Wildman–Crippen LogP) is -11.8. The number of aliphatic hydroxyl groups is 16. The minimum Gasteiger partial charge on any atom is -0.394 e. The first-order valence-corrected chi connectivity index (χ1v) is 18.6. The maximum atomic E-state index is 12.1. The molecule has 0 spiro atoms. The van der Waals surface area contributed by atoms with E-state index in [1.807, 2.05) is 0 Å². The molecule has 344 valence electrons. The van der Waals surface area contributed by atoms with Crippen LogP contribution in [0.2, 0.25) is 0 Å². The first-order chi connectivity index (χ1) is 27.9. The average Bonchev–Trinajstić information content (AvgIpc) is 3.21. The van der Waals surface area contributed by atoms with Gasteiger partial charge >= 0.3 is 0 Å². The molecule has 5 rings (SSSR count). The molecule has 59 heavy (non-hydrogen) atoms. The third-order valence-corrected chi connectivity index (χ3v) is 10.7. The standard InChI is InChI=1S/C32H55NO26/c1-7(39)33-13-17(43)14(40)8(2-34)52-29(13)56-25-12(6-38)55-32(23(49)27(25)59-31-21(47)19(45)16(42)10(4-36)54-31)58-26-22(48)28(50)51-11(5-37)24(26)57-30-20(46)18(44)15(41)9(3-35)53-30/h8-32,34-38,40-50H,2-6H2,1H3,(H,33,39)/t8-,9-,10-,11-,12-,13-,14-,15-,16-,17-,18+,19+,20-,21-,22-,23-,24-,25+,26-,27-,28?,29-,30-,31-,32-/m1/s1. The fourth-order valence-corrected chi connectivity index (χ4v) is 7.41. The van der Waals surface area contributed by atoms with Crippen molar-refractivity contribution in [3.05, 3.63) is 0 Å². The number of ether oxygens (including phenoxy) is 9. The molecule has 0 bridgehead atoms. The number of aliphatic hydroxyl groups excluding tert-OH is 16. The van der Waals surface area contributed by atoms with Gasteiger partial charge in [-0.3, -0.25) is 4.79 Å². The summed E-state index contributed by atoms with van der Waals surface area (Å²) in [4.78, 5) is 12.1. The number of carbonyl (C=O) groups excluding carboxylic acids is 1. The molecule has 5 aliphatic rings. The van der Waals surface area contributed by atoms with Gasteiger partial charge in [0.25, 0.3) is 0 Å². The van der Waals surface area contributed by atoms with Gasteiger partial charge in [-0.25, -0.2) is 0 Å². The molecule has 0 saturated carbocycles. The van der Waals surface area contributed by atoms with Gasteiger partial charge in [-0.2, -0.15) is 0 Å². The monoisotopic (exact) mass is 869 g/mol. The van der Waals surface area contributed by atoms with Crippen molar-refractivity contribution in [2.24, 2.45) is 0 Å². The van der Waals surface area contributed by atoms with Crippen LogP contribution in [0.15, 0.2) is 0 Å². The van der Waals surface area contributed by atoms with Gasteiger partial charge in [0.15, 0.2) is 31.5 Å². The minimum atomic E-state index is -2.27. The highest BCUT2D eigenvalue weighted by Crippen LogP contribution is 2.37. The molecule has 5 heterocycles. The van der Waals surface area contributed by atoms with Crippen molar-refractivity contribution >= 4 is 5.91 Å². The summed E-state index contributed by atoms with van der Waals surface area (Å²) in [5.74, 6) is -0.763. The quantitative estimate of drug-likeness (QED) is 0.0770. The van der Waals surface area contributed by atoms with Gasteiger partial charge in [-0.1, -0.05) is 0 Å². The van der Waals surface area contributed by atoms with Gasteiger partial charge in [0.1, 0.15) is 122 Å². The van der Waals surface area contributed by atoms with Gasteiger partial charge < -0.3 is 130 Å². The summed E-state index contributed by atoms with van der Waals surface area (Å²) in [6.07, 6.45) is -45.7.